The summed E-state index contributed by atoms with van der Waals surface area (Å²) < 4.78 is 7.43. The summed E-state index contributed by atoms with van der Waals surface area (Å²) in [6, 6.07) is 0. The van der Waals surface area contributed by atoms with Crippen molar-refractivity contribution in [3.63, 3.8) is 0 Å². The van der Waals surface area contributed by atoms with Crippen molar-refractivity contribution in [1.82, 2.24) is 0 Å². The molecule has 1 saturated carbocycles. The molecule has 0 aliphatic heterocycles. The highest BCUT2D eigenvalue weighted by Gasteiger charge is 2.07. The second-order valence-electron chi connectivity index (χ2n) is 2.04. The van der Waals surface area contributed by atoms with E-state index in [0.717, 1.165) is 6.42 Å². The van der Waals surface area contributed by atoms with Crippen LogP contribution in [0.4, 0.5) is 0 Å². The molecule has 0 spiro atoms. The maximum atomic E-state index is 7.43. The summed E-state index contributed by atoms with van der Waals surface area (Å²) in [6.45, 7) is 0. The second kappa shape index (κ2) is 2.71. The molecular weight excluding hydrogens is 152 g/mol. The fourth-order valence-electron chi connectivity index (χ4n) is 0.900. The van der Waals surface area contributed by atoms with Crippen LogP contribution in [0, 0.1) is 0 Å². The number of hydrogen-bond acceptors (Lipinski definition) is 0. The normalized spacial score (nSPS) is 45.6. The van der Waals surface area contributed by atoms with E-state index in [1.807, 2.05) is 0 Å². The lowest BCUT2D eigenvalue weighted by Gasteiger charge is -2.13. The van der Waals surface area contributed by atoms with E-state index in [-0.39, 0.29) is 6.40 Å². The van der Waals surface area contributed by atoms with Crippen LogP contribution < -0.4 is 0 Å². The van der Waals surface area contributed by atoms with Gasteiger partial charge in [-0.15, -0.1) is 0 Å². The molecule has 0 saturated heterocycles. The van der Waals surface area contributed by atoms with Crippen LogP contribution in [-0.4, -0.2) is 4.83 Å². The van der Waals surface area contributed by atoms with Crippen LogP contribution in [0.25, 0.3) is 0 Å². The van der Waals surface area contributed by atoms with Gasteiger partial charge in [-0.1, -0.05) is 35.2 Å². The first-order valence-corrected chi connectivity index (χ1v) is 3.78. The highest BCUT2D eigenvalue weighted by atomic mass is 79.9. The van der Waals surface area contributed by atoms with E-state index >= 15 is 0 Å². The lowest BCUT2D eigenvalue weighted by Crippen LogP contribution is -2.02. The average molecular weight is 164 g/mol. The van der Waals surface area contributed by atoms with Crippen molar-refractivity contribution < 1.29 is 1.37 Å². The lowest BCUT2D eigenvalue weighted by molar-refractivity contribution is 0.521. The number of hydrogen-bond donors (Lipinski definition) is 0. The smallest absolute Gasteiger partial charge is 0.0278 e. The predicted molar refractivity (Wildman–Crippen MR) is 35.8 cm³/mol. The fraction of sp³-hybridized carbons (Fsp3) is 1.00. The van der Waals surface area contributed by atoms with E-state index in [2.05, 4.69) is 15.9 Å². The molecule has 0 heterocycles. The Morgan fingerprint density at radius 2 is 2.29 bits per heavy atom. The summed E-state index contributed by atoms with van der Waals surface area (Å²) in [5.41, 5.74) is 0. The SMILES string of the molecule is [2H][C@@H]1CCCCC1Br. The quantitative estimate of drug-likeness (QED) is 0.483. The van der Waals surface area contributed by atoms with Crippen LogP contribution in [0.15, 0.2) is 0 Å². The minimum atomic E-state index is 0.170. The van der Waals surface area contributed by atoms with E-state index in [0.29, 0.717) is 4.83 Å². The van der Waals surface area contributed by atoms with E-state index in [1.54, 1.807) is 0 Å². The van der Waals surface area contributed by atoms with Gasteiger partial charge in [0.25, 0.3) is 0 Å². The summed E-state index contributed by atoms with van der Waals surface area (Å²) in [4.78, 5) is 0.483. The summed E-state index contributed by atoms with van der Waals surface area (Å²) >= 11 is 3.47. The van der Waals surface area contributed by atoms with Gasteiger partial charge < -0.3 is 0 Å². The first-order valence-electron chi connectivity index (χ1n) is 3.45. The Morgan fingerprint density at radius 1 is 1.43 bits per heavy atom. The topological polar surface area (TPSA) is 0 Å². The molecule has 0 aromatic rings. The zero-order valence-electron chi connectivity index (χ0n) is 5.36. The maximum absolute atomic E-state index is 7.43. The highest BCUT2D eigenvalue weighted by Crippen LogP contribution is 2.22. The molecule has 0 bridgehead atoms. The van der Waals surface area contributed by atoms with Crippen molar-refractivity contribution in [2.45, 2.75) is 36.9 Å². The molecule has 0 N–H and O–H groups in total. The van der Waals surface area contributed by atoms with E-state index < -0.39 is 0 Å². The number of halogens is 1. The van der Waals surface area contributed by atoms with Crippen molar-refractivity contribution in [1.29, 1.82) is 0 Å². The molecule has 1 unspecified atom stereocenters. The van der Waals surface area contributed by atoms with Gasteiger partial charge in [0.1, 0.15) is 0 Å². The minimum Gasteiger partial charge on any atom is -0.0891 e. The zero-order chi connectivity index (χ0) is 5.98. The molecule has 0 aromatic heterocycles. The Balaban J connectivity index is 2.28. The van der Waals surface area contributed by atoms with E-state index in [4.69, 9.17) is 1.37 Å². The first kappa shape index (κ1) is 4.37. The van der Waals surface area contributed by atoms with Crippen molar-refractivity contribution >= 4 is 15.9 Å². The Labute approximate surface area is 54.8 Å². The van der Waals surface area contributed by atoms with Crippen LogP contribution >= 0.6 is 15.9 Å². The van der Waals surface area contributed by atoms with Crippen LogP contribution in [0.2, 0.25) is 0 Å². The molecule has 7 heavy (non-hydrogen) atoms. The fourth-order valence-corrected chi connectivity index (χ4v) is 1.49. The summed E-state index contributed by atoms with van der Waals surface area (Å²) in [5.74, 6) is 0. The predicted octanol–water partition coefficient (Wildman–Crippen LogP) is 2.71. The Hall–Kier alpha value is 0.480. The third-order valence-corrected chi connectivity index (χ3v) is 2.19. The van der Waals surface area contributed by atoms with Crippen LogP contribution in [0.1, 0.15) is 33.5 Å². The van der Waals surface area contributed by atoms with E-state index in [1.165, 1.54) is 19.3 Å². The molecule has 42 valence electrons. The third kappa shape index (κ3) is 1.81. The van der Waals surface area contributed by atoms with E-state index in [9.17, 15) is 0 Å². The van der Waals surface area contributed by atoms with Crippen LogP contribution in [0.5, 0.6) is 0 Å². The lowest BCUT2D eigenvalue weighted by atomic mass is 10.0. The molecule has 0 amide bonds. The molecule has 1 fully saturated rings. The molecule has 0 radical (unpaired) electrons. The van der Waals surface area contributed by atoms with Gasteiger partial charge in [-0.3, -0.25) is 0 Å². The molecule has 1 rings (SSSR count). The largest absolute Gasteiger partial charge is 0.0891 e. The third-order valence-electron chi connectivity index (χ3n) is 1.36. The molecular formula is C6H11Br. The van der Waals surface area contributed by atoms with Gasteiger partial charge in [0, 0.05) is 6.20 Å². The maximum Gasteiger partial charge on any atom is 0.0278 e. The molecule has 2 atom stereocenters. The number of rotatable bonds is 0. The van der Waals surface area contributed by atoms with Crippen molar-refractivity contribution in [3.8, 4) is 0 Å². The minimum absolute atomic E-state index is 0.170. The van der Waals surface area contributed by atoms with Gasteiger partial charge in [-0.2, -0.15) is 0 Å². The Kier molecular flexibility index (Phi) is 1.69. The summed E-state index contributed by atoms with van der Waals surface area (Å²) in [7, 11) is 0. The highest BCUT2D eigenvalue weighted by molar-refractivity contribution is 9.09. The van der Waals surface area contributed by atoms with Gasteiger partial charge in [0.05, 0.1) is 0 Å². The van der Waals surface area contributed by atoms with Gasteiger partial charge in [0.15, 0.2) is 0 Å². The van der Waals surface area contributed by atoms with Gasteiger partial charge in [-0.05, 0) is 12.8 Å². The molecule has 1 aliphatic rings. The van der Waals surface area contributed by atoms with Crippen molar-refractivity contribution in [3.05, 3.63) is 0 Å². The van der Waals surface area contributed by atoms with Gasteiger partial charge in [0.2, 0.25) is 0 Å². The zero-order valence-corrected chi connectivity index (χ0v) is 5.95. The second-order valence-corrected chi connectivity index (χ2v) is 3.21. The Bertz CT molecular complexity index is 64.9. The first-order chi connectivity index (χ1) is 3.80. The van der Waals surface area contributed by atoms with Gasteiger partial charge >= 0.3 is 0 Å². The van der Waals surface area contributed by atoms with Crippen LogP contribution in [-0.2, 0) is 0 Å². The average Bonchev–Trinajstić information content (AvgIpc) is 1.77. The molecule has 0 aromatic carbocycles. The van der Waals surface area contributed by atoms with Crippen molar-refractivity contribution in [2.75, 3.05) is 0 Å². The standard InChI is InChI=1S/C6H11Br/c7-6-4-2-1-3-5-6/h6H,1-5H2/i4D/t4-,6?/m1/s1. The molecule has 1 aliphatic carbocycles. The number of alkyl halides is 1. The van der Waals surface area contributed by atoms with Crippen LogP contribution in [0.3, 0.4) is 0 Å². The summed E-state index contributed by atoms with van der Waals surface area (Å²) in [6.07, 6.45) is 5.04. The summed E-state index contributed by atoms with van der Waals surface area (Å²) in [5, 5.41) is 0. The van der Waals surface area contributed by atoms with Gasteiger partial charge in [-0.25, -0.2) is 0 Å². The molecule has 1 heteroatoms. The molecule has 0 nitrogen and oxygen atoms in total. The Morgan fingerprint density at radius 3 is 2.71 bits per heavy atom. The monoisotopic (exact) mass is 163 g/mol. The van der Waals surface area contributed by atoms with Crippen molar-refractivity contribution in [2.24, 2.45) is 0 Å².